The highest BCUT2D eigenvalue weighted by Crippen LogP contribution is 2.27. The zero-order chi connectivity index (χ0) is 11.8. The molecule has 1 aromatic heterocycles. The molecule has 0 aliphatic rings. The lowest BCUT2D eigenvalue weighted by atomic mass is 10.2. The number of H-pyrrole nitrogens is 1. The van der Waals surface area contributed by atoms with Gasteiger partial charge in [-0.3, -0.25) is 0 Å². The van der Waals surface area contributed by atoms with Crippen LogP contribution in [-0.2, 0) is 0 Å². The molecule has 4 nitrogen and oxygen atoms in total. The molecule has 2 aromatic carbocycles. The first-order valence-corrected chi connectivity index (χ1v) is 5.27. The molecule has 3 rings (SSSR count). The predicted octanol–water partition coefficient (Wildman–Crippen LogP) is 2.52. The molecule has 4 heteroatoms. The Morgan fingerprint density at radius 3 is 2.71 bits per heavy atom. The summed E-state index contributed by atoms with van der Waals surface area (Å²) in [5.74, 6) is 0.836. The molecule has 0 aliphatic heterocycles. The van der Waals surface area contributed by atoms with E-state index in [1.807, 2.05) is 24.3 Å². The lowest BCUT2D eigenvalue weighted by molar-refractivity contribution is 0.478. The lowest BCUT2D eigenvalue weighted by Gasteiger charge is -2.00. The number of para-hydroxylation sites is 2. The molecule has 0 amide bonds. The summed E-state index contributed by atoms with van der Waals surface area (Å²) in [6, 6.07) is 12.9. The van der Waals surface area contributed by atoms with E-state index in [0.29, 0.717) is 5.69 Å². The minimum absolute atomic E-state index is 0.0878. The van der Waals surface area contributed by atoms with Gasteiger partial charge in [0.1, 0.15) is 11.6 Å². The van der Waals surface area contributed by atoms with Crippen molar-refractivity contribution in [3.8, 4) is 17.1 Å². The molecule has 3 aromatic rings. The fraction of sp³-hybridized carbons (Fsp3) is 0. The third-order valence-corrected chi connectivity index (χ3v) is 2.69. The standard InChI is InChI=1S/C13H11N3O/c14-9-7-8(5-6-12(9)17)13-15-10-3-1-2-4-11(10)16-13/h1-7,17H,14H2,(H,15,16). The van der Waals surface area contributed by atoms with E-state index >= 15 is 0 Å². The number of fused-ring (bicyclic) bond motifs is 1. The first kappa shape index (κ1) is 9.72. The summed E-state index contributed by atoms with van der Waals surface area (Å²) in [5, 5.41) is 9.37. The average molecular weight is 225 g/mol. The first-order valence-electron chi connectivity index (χ1n) is 5.27. The normalized spacial score (nSPS) is 10.8. The van der Waals surface area contributed by atoms with Gasteiger partial charge in [-0.05, 0) is 30.3 Å². The quantitative estimate of drug-likeness (QED) is 0.440. The maximum absolute atomic E-state index is 9.37. The molecule has 17 heavy (non-hydrogen) atoms. The van der Waals surface area contributed by atoms with Crippen LogP contribution in [0.25, 0.3) is 22.4 Å². The molecular formula is C13H11N3O. The number of hydrogen-bond acceptors (Lipinski definition) is 3. The van der Waals surface area contributed by atoms with Crippen molar-refractivity contribution in [2.75, 3.05) is 5.73 Å². The van der Waals surface area contributed by atoms with Gasteiger partial charge in [-0.1, -0.05) is 12.1 Å². The van der Waals surface area contributed by atoms with E-state index in [1.165, 1.54) is 0 Å². The molecule has 1 heterocycles. The molecule has 0 atom stereocenters. The van der Waals surface area contributed by atoms with Gasteiger partial charge in [0.25, 0.3) is 0 Å². The molecular weight excluding hydrogens is 214 g/mol. The summed E-state index contributed by atoms with van der Waals surface area (Å²) in [7, 11) is 0. The molecule has 0 aliphatic carbocycles. The van der Waals surface area contributed by atoms with Crippen LogP contribution in [0, 0.1) is 0 Å². The number of nitrogens with two attached hydrogens (primary N) is 1. The van der Waals surface area contributed by atoms with Crippen LogP contribution in [0.15, 0.2) is 42.5 Å². The highest BCUT2D eigenvalue weighted by Gasteiger charge is 2.06. The van der Waals surface area contributed by atoms with Gasteiger partial charge >= 0.3 is 0 Å². The molecule has 84 valence electrons. The van der Waals surface area contributed by atoms with Crippen LogP contribution >= 0.6 is 0 Å². The number of aromatic amines is 1. The van der Waals surface area contributed by atoms with Gasteiger partial charge in [-0.15, -0.1) is 0 Å². The number of anilines is 1. The molecule has 0 bridgehead atoms. The second-order valence-corrected chi connectivity index (χ2v) is 3.88. The van der Waals surface area contributed by atoms with E-state index in [1.54, 1.807) is 18.2 Å². The van der Waals surface area contributed by atoms with Gasteiger partial charge < -0.3 is 15.8 Å². The Kier molecular flexibility index (Phi) is 2.01. The number of nitrogens with zero attached hydrogens (tertiary/aromatic N) is 1. The maximum Gasteiger partial charge on any atom is 0.138 e. The zero-order valence-corrected chi connectivity index (χ0v) is 9.01. The molecule has 4 N–H and O–H groups in total. The van der Waals surface area contributed by atoms with Crippen molar-refractivity contribution in [1.29, 1.82) is 0 Å². The van der Waals surface area contributed by atoms with E-state index in [0.717, 1.165) is 22.4 Å². The van der Waals surface area contributed by atoms with Crippen LogP contribution in [0.3, 0.4) is 0 Å². The molecule has 0 spiro atoms. The summed E-state index contributed by atoms with van der Waals surface area (Å²) in [6.45, 7) is 0. The van der Waals surface area contributed by atoms with Crippen molar-refractivity contribution in [2.45, 2.75) is 0 Å². The van der Waals surface area contributed by atoms with Crippen molar-refractivity contribution in [3.63, 3.8) is 0 Å². The second kappa shape index (κ2) is 3.52. The van der Waals surface area contributed by atoms with Crippen molar-refractivity contribution < 1.29 is 5.11 Å². The largest absolute Gasteiger partial charge is 0.506 e. The monoisotopic (exact) mass is 225 g/mol. The van der Waals surface area contributed by atoms with Gasteiger partial charge in [0.05, 0.1) is 16.7 Å². The smallest absolute Gasteiger partial charge is 0.138 e. The van der Waals surface area contributed by atoms with Crippen LogP contribution in [0.2, 0.25) is 0 Å². The lowest BCUT2D eigenvalue weighted by Crippen LogP contribution is -1.87. The Labute approximate surface area is 97.7 Å². The summed E-state index contributed by atoms with van der Waals surface area (Å²) >= 11 is 0. The van der Waals surface area contributed by atoms with Crippen molar-refractivity contribution >= 4 is 16.7 Å². The number of phenols is 1. The minimum atomic E-state index is 0.0878. The van der Waals surface area contributed by atoms with Crippen LogP contribution < -0.4 is 5.73 Å². The highest BCUT2D eigenvalue weighted by molar-refractivity contribution is 5.80. The number of nitrogen functional groups attached to an aromatic ring is 1. The summed E-state index contributed by atoms with van der Waals surface area (Å²) in [4.78, 5) is 7.67. The fourth-order valence-electron chi connectivity index (χ4n) is 1.79. The molecule has 0 unspecified atom stereocenters. The minimum Gasteiger partial charge on any atom is -0.506 e. The van der Waals surface area contributed by atoms with E-state index in [9.17, 15) is 5.11 Å². The van der Waals surface area contributed by atoms with Gasteiger partial charge in [0.15, 0.2) is 0 Å². The number of phenolic OH excluding ortho intramolecular Hbond substituents is 1. The van der Waals surface area contributed by atoms with E-state index < -0.39 is 0 Å². The van der Waals surface area contributed by atoms with Crippen LogP contribution in [0.1, 0.15) is 0 Å². The van der Waals surface area contributed by atoms with Crippen LogP contribution in [-0.4, -0.2) is 15.1 Å². The average Bonchev–Trinajstić information content (AvgIpc) is 2.76. The van der Waals surface area contributed by atoms with E-state index in [-0.39, 0.29) is 5.75 Å². The molecule has 0 saturated heterocycles. The summed E-state index contributed by atoms with van der Waals surface area (Å²) in [5.41, 5.74) is 8.76. The first-order chi connectivity index (χ1) is 8.24. The van der Waals surface area contributed by atoms with Crippen molar-refractivity contribution in [1.82, 2.24) is 9.97 Å². The summed E-state index contributed by atoms with van der Waals surface area (Å²) < 4.78 is 0. The Bertz CT molecular complexity index is 655. The maximum atomic E-state index is 9.37. The Morgan fingerprint density at radius 2 is 1.94 bits per heavy atom. The van der Waals surface area contributed by atoms with Gasteiger partial charge in [-0.2, -0.15) is 0 Å². The number of imidazole rings is 1. The van der Waals surface area contributed by atoms with Gasteiger partial charge in [0.2, 0.25) is 0 Å². The molecule has 0 radical (unpaired) electrons. The molecule has 0 fully saturated rings. The fourth-order valence-corrected chi connectivity index (χ4v) is 1.79. The highest BCUT2D eigenvalue weighted by atomic mass is 16.3. The molecule has 0 saturated carbocycles. The van der Waals surface area contributed by atoms with Gasteiger partial charge in [-0.25, -0.2) is 4.98 Å². The SMILES string of the molecule is Nc1cc(-c2nc3ccccc3[nH]2)ccc1O. The van der Waals surface area contributed by atoms with Crippen molar-refractivity contribution in [3.05, 3.63) is 42.5 Å². The summed E-state index contributed by atoms with van der Waals surface area (Å²) in [6.07, 6.45) is 0. The third kappa shape index (κ3) is 1.59. The van der Waals surface area contributed by atoms with Gasteiger partial charge in [0, 0.05) is 5.56 Å². The Morgan fingerprint density at radius 1 is 1.12 bits per heavy atom. The number of nitrogens with one attached hydrogen (secondary N) is 1. The number of aromatic hydroxyl groups is 1. The number of aromatic nitrogens is 2. The number of hydrogen-bond donors (Lipinski definition) is 3. The van der Waals surface area contributed by atoms with E-state index in [4.69, 9.17) is 5.73 Å². The predicted molar refractivity (Wildman–Crippen MR) is 67.6 cm³/mol. The van der Waals surface area contributed by atoms with Crippen LogP contribution in [0.4, 0.5) is 5.69 Å². The van der Waals surface area contributed by atoms with E-state index in [2.05, 4.69) is 9.97 Å². The number of benzene rings is 2. The zero-order valence-electron chi connectivity index (χ0n) is 9.01. The Hall–Kier alpha value is -2.49. The second-order valence-electron chi connectivity index (χ2n) is 3.88. The topological polar surface area (TPSA) is 74.9 Å². The number of rotatable bonds is 1. The van der Waals surface area contributed by atoms with Crippen LogP contribution in [0.5, 0.6) is 5.75 Å². The Balaban J connectivity index is 2.17. The third-order valence-electron chi connectivity index (χ3n) is 2.69. The van der Waals surface area contributed by atoms with Crippen molar-refractivity contribution in [2.24, 2.45) is 0 Å².